The quantitative estimate of drug-likeness (QED) is 0.762. The molecule has 1 N–H and O–H groups in total. The molecule has 0 radical (unpaired) electrons. The lowest BCUT2D eigenvalue weighted by atomic mass is 10.1. The molecule has 2 rings (SSSR count). The van der Waals surface area contributed by atoms with Crippen LogP contribution in [0.1, 0.15) is 24.8 Å². The summed E-state index contributed by atoms with van der Waals surface area (Å²) in [4.78, 5) is 0. The minimum atomic E-state index is -0.264. The average molecular weight is 228 g/mol. The zero-order valence-electron chi connectivity index (χ0n) is 8.60. The SMILES string of the molecule is Fc1ccc(CCCNC2CC2)c(Cl)c1. The third kappa shape index (κ3) is 3.47. The van der Waals surface area contributed by atoms with E-state index in [1.807, 2.05) is 0 Å². The van der Waals surface area contributed by atoms with Crippen molar-refractivity contribution in [1.82, 2.24) is 5.32 Å². The summed E-state index contributed by atoms with van der Waals surface area (Å²) >= 11 is 5.92. The third-order valence-corrected chi connectivity index (χ3v) is 3.00. The first kappa shape index (κ1) is 10.9. The first-order valence-electron chi connectivity index (χ1n) is 5.43. The second-order valence-corrected chi connectivity index (χ2v) is 4.47. The number of halogens is 2. The molecule has 0 bridgehead atoms. The van der Waals surface area contributed by atoms with Gasteiger partial charge in [0.05, 0.1) is 0 Å². The van der Waals surface area contributed by atoms with Gasteiger partial charge in [0.2, 0.25) is 0 Å². The van der Waals surface area contributed by atoms with Gasteiger partial charge in [-0.2, -0.15) is 0 Å². The van der Waals surface area contributed by atoms with Crippen LogP contribution in [0.2, 0.25) is 5.02 Å². The van der Waals surface area contributed by atoms with Crippen molar-refractivity contribution < 1.29 is 4.39 Å². The summed E-state index contributed by atoms with van der Waals surface area (Å²) in [7, 11) is 0. The average Bonchev–Trinajstić information content (AvgIpc) is 2.99. The first-order valence-corrected chi connectivity index (χ1v) is 5.81. The molecule has 1 saturated carbocycles. The third-order valence-electron chi connectivity index (χ3n) is 2.65. The highest BCUT2D eigenvalue weighted by molar-refractivity contribution is 6.31. The molecule has 1 aromatic carbocycles. The Morgan fingerprint density at radius 1 is 1.40 bits per heavy atom. The summed E-state index contributed by atoms with van der Waals surface area (Å²) in [6.45, 7) is 1.03. The van der Waals surface area contributed by atoms with Crippen LogP contribution >= 0.6 is 11.6 Å². The summed E-state index contributed by atoms with van der Waals surface area (Å²) < 4.78 is 12.8. The number of hydrogen-bond donors (Lipinski definition) is 1. The fourth-order valence-electron chi connectivity index (χ4n) is 1.60. The van der Waals surface area contributed by atoms with Crippen LogP contribution in [0.25, 0.3) is 0 Å². The van der Waals surface area contributed by atoms with Crippen LogP contribution in [-0.4, -0.2) is 12.6 Å². The van der Waals surface area contributed by atoms with Gasteiger partial charge in [0.25, 0.3) is 0 Å². The first-order chi connectivity index (χ1) is 7.25. The minimum absolute atomic E-state index is 0.264. The maximum atomic E-state index is 12.8. The Kier molecular flexibility index (Phi) is 3.60. The molecule has 1 nitrogen and oxygen atoms in total. The Morgan fingerprint density at radius 3 is 2.87 bits per heavy atom. The van der Waals surface area contributed by atoms with Crippen molar-refractivity contribution in [2.75, 3.05) is 6.54 Å². The second kappa shape index (κ2) is 4.95. The van der Waals surface area contributed by atoms with E-state index in [1.54, 1.807) is 6.07 Å². The normalized spacial score (nSPS) is 15.6. The molecule has 0 amide bonds. The Balaban J connectivity index is 1.76. The molecule has 0 spiro atoms. The maximum absolute atomic E-state index is 12.8. The van der Waals surface area contributed by atoms with E-state index in [1.165, 1.54) is 25.0 Å². The molecule has 1 fully saturated rings. The van der Waals surface area contributed by atoms with Gasteiger partial charge in [0.15, 0.2) is 0 Å². The minimum Gasteiger partial charge on any atom is -0.314 e. The van der Waals surface area contributed by atoms with E-state index in [0.717, 1.165) is 31.0 Å². The summed E-state index contributed by atoms with van der Waals surface area (Å²) in [5.41, 5.74) is 1.04. The highest BCUT2D eigenvalue weighted by atomic mass is 35.5. The Hall–Kier alpha value is -0.600. The summed E-state index contributed by atoms with van der Waals surface area (Å²) in [5.74, 6) is -0.264. The molecule has 1 aliphatic rings. The topological polar surface area (TPSA) is 12.0 Å². The zero-order valence-corrected chi connectivity index (χ0v) is 9.36. The summed E-state index contributed by atoms with van der Waals surface area (Å²) in [6, 6.07) is 5.38. The van der Waals surface area contributed by atoms with Crippen LogP contribution in [0.3, 0.4) is 0 Å². The van der Waals surface area contributed by atoms with Gasteiger partial charge in [0.1, 0.15) is 5.82 Å². The van der Waals surface area contributed by atoms with E-state index in [0.29, 0.717) is 5.02 Å². The fourth-order valence-corrected chi connectivity index (χ4v) is 1.86. The largest absolute Gasteiger partial charge is 0.314 e. The molecule has 0 heterocycles. The lowest BCUT2D eigenvalue weighted by Crippen LogP contribution is -2.17. The Bertz CT molecular complexity index is 336. The molecule has 0 aromatic heterocycles. The lowest BCUT2D eigenvalue weighted by Gasteiger charge is -2.05. The van der Waals surface area contributed by atoms with E-state index in [-0.39, 0.29) is 5.82 Å². The van der Waals surface area contributed by atoms with Crippen molar-refractivity contribution in [1.29, 1.82) is 0 Å². The molecular formula is C12H15ClFN. The molecule has 3 heteroatoms. The monoisotopic (exact) mass is 227 g/mol. The van der Waals surface area contributed by atoms with E-state index in [2.05, 4.69) is 5.32 Å². The Labute approximate surface area is 94.6 Å². The number of aryl methyl sites for hydroxylation is 1. The van der Waals surface area contributed by atoms with E-state index < -0.39 is 0 Å². The predicted octanol–water partition coefficient (Wildman–Crippen LogP) is 3.16. The van der Waals surface area contributed by atoms with Gasteiger partial charge in [-0.3, -0.25) is 0 Å². The molecule has 0 aliphatic heterocycles. The number of rotatable bonds is 5. The fraction of sp³-hybridized carbons (Fsp3) is 0.500. The molecule has 0 unspecified atom stereocenters. The van der Waals surface area contributed by atoms with Crippen molar-refractivity contribution in [3.8, 4) is 0 Å². The summed E-state index contributed by atoms with van der Waals surface area (Å²) in [6.07, 6.45) is 4.61. The van der Waals surface area contributed by atoms with Crippen LogP contribution in [0.15, 0.2) is 18.2 Å². The van der Waals surface area contributed by atoms with Gasteiger partial charge in [-0.15, -0.1) is 0 Å². The van der Waals surface area contributed by atoms with E-state index >= 15 is 0 Å². The molecule has 0 atom stereocenters. The lowest BCUT2D eigenvalue weighted by molar-refractivity contribution is 0.624. The van der Waals surface area contributed by atoms with Gasteiger partial charge >= 0.3 is 0 Å². The molecular weight excluding hydrogens is 213 g/mol. The second-order valence-electron chi connectivity index (χ2n) is 4.07. The molecule has 82 valence electrons. The highest BCUT2D eigenvalue weighted by Crippen LogP contribution is 2.20. The van der Waals surface area contributed by atoms with E-state index in [9.17, 15) is 4.39 Å². The van der Waals surface area contributed by atoms with Crippen molar-refractivity contribution in [2.45, 2.75) is 31.7 Å². The van der Waals surface area contributed by atoms with Crippen LogP contribution in [0, 0.1) is 5.82 Å². The standard InChI is InChI=1S/C12H15ClFN/c13-12-8-10(14)4-3-9(12)2-1-7-15-11-5-6-11/h3-4,8,11,15H,1-2,5-7H2. The van der Waals surface area contributed by atoms with E-state index in [4.69, 9.17) is 11.6 Å². The number of hydrogen-bond acceptors (Lipinski definition) is 1. The number of nitrogens with one attached hydrogen (secondary N) is 1. The van der Waals surface area contributed by atoms with Gasteiger partial charge in [-0.25, -0.2) is 4.39 Å². The highest BCUT2D eigenvalue weighted by Gasteiger charge is 2.19. The summed E-state index contributed by atoms with van der Waals surface area (Å²) in [5, 5.41) is 3.98. The van der Waals surface area contributed by atoms with Crippen LogP contribution in [0.5, 0.6) is 0 Å². The maximum Gasteiger partial charge on any atom is 0.124 e. The smallest absolute Gasteiger partial charge is 0.124 e. The molecule has 1 aromatic rings. The van der Waals surface area contributed by atoms with Crippen molar-refractivity contribution in [2.24, 2.45) is 0 Å². The van der Waals surface area contributed by atoms with Crippen molar-refractivity contribution in [3.63, 3.8) is 0 Å². The van der Waals surface area contributed by atoms with Crippen LogP contribution in [-0.2, 0) is 6.42 Å². The van der Waals surface area contributed by atoms with Crippen LogP contribution < -0.4 is 5.32 Å². The zero-order chi connectivity index (χ0) is 10.7. The van der Waals surface area contributed by atoms with Gasteiger partial charge in [-0.1, -0.05) is 17.7 Å². The van der Waals surface area contributed by atoms with Gasteiger partial charge < -0.3 is 5.32 Å². The molecule has 15 heavy (non-hydrogen) atoms. The predicted molar refractivity (Wildman–Crippen MR) is 60.8 cm³/mol. The van der Waals surface area contributed by atoms with Crippen molar-refractivity contribution >= 4 is 11.6 Å². The van der Waals surface area contributed by atoms with Gasteiger partial charge in [-0.05, 0) is 49.9 Å². The number of benzene rings is 1. The van der Waals surface area contributed by atoms with Crippen molar-refractivity contribution in [3.05, 3.63) is 34.6 Å². The van der Waals surface area contributed by atoms with Gasteiger partial charge in [0, 0.05) is 11.1 Å². The molecule has 1 aliphatic carbocycles. The van der Waals surface area contributed by atoms with Crippen LogP contribution in [0.4, 0.5) is 4.39 Å². The molecule has 0 saturated heterocycles. The Morgan fingerprint density at radius 2 is 2.20 bits per heavy atom.